The maximum atomic E-state index is 11.7. The molecule has 3 nitrogen and oxygen atoms in total. The van der Waals surface area contributed by atoms with E-state index in [-0.39, 0.29) is 11.4 Å². The second-order valence-electron chi connectivity index (χ2n) is 6.33. The molecule has 0 fully saturated rings. The molecule has 2 rings (SSSR count). The first-order chi connectivity index (χ1) is 8.96. The third-order valence-corrected chi connectivity index (χ3v) is 3.51. The predicted octanol–water partition coefficient (Wildman–Crippen LogP) is 2.22. The van der Waals surface area contributed by atoms with Crippen molar-refractivity contribution in [2.45, 2.75) is 45.1 Å². The summed E-state index contributed by atoms with van der Waals surface area (Å²) in [6.07, 6.45) is 1.64. The van der Waals surface area contributed by atoms with Gasteiger partial charge in [-0.2, -0.15) is 0 Å². The van der Waals surface area contributed by atoms with Gasteiger partial charge in [-0.15, -0.1) is 0 Å². The molecule has 0 bridgehead atoms. The minimum atomic E-state index is 0.0766. The Hall–Kier alpha value is -1.35. The molecule has 0 radical (unpaired) electrons. The molecule has 0 spiro atoms. The lowest BCUT2D eigenvalue weighted by molar-refractivity contribution is -0.121. The fourth-order valence-electron chi connectivity index (χ4n) is 2.42. The van der Waals surface area contributed by atoms with Gasteiger partial charge in [0.25, 0.3) is 0 Å². The quantitative estimate of drug-likeness (QED) is 0.852. The molecule has 0 saturated heterocycles. The molecule has 0 heterocycles. The van der Waals surface area contributed by atoms with Gasteiger partial charge in [-0.05, 0) is 38.3 Å². The summed E-state index contributed by atoms with van der Waals surface area (Å²) >= 11 is 0. The maximum Gasteiger partial charge on any atom is 0.221 e. The minimum Gasteiger partial charge on any atom is -0.355 e. The third kappa shape index (κ3) is 4.06. The lowest BCUT2D eigenvalue weighted by atomic mass is 9.77. The molecule has 1 amide bonds. The number of amides is 1. The van der Waals surface area contributed by atoms with Crippen LogP contribution >= 0.6 is 0 Å². The van der Waals surface area contributed by atoms with Gasteiger partial charge < -0.3 is 10.6 Å². The lowest BCUT2D eigenvalue weighted by Gasteiger charge is -2.30. The Bertz CT molecular complexity index is 448. The summed E-state index contributed by atoms with van der Waals surface area (Å²) in [5, 5.41) is 6.36. The van der Waals surface area contributed by atoms with Gasteiger partial charge in [0.15, 0.2) is 0 Å². The van der Waals surface area contributed by atoms with Crippen LogP contribution in [0.5, 0.6) is 0 Å². The molecule has 19 heavy (non-hydrogen) atoms. The second-order valence-corrected chi connectivity index (χ2v) is 6.33. The second kappa shape index (κ2) is 5.74. The van der Waals surface area contributed by atoms with E-state index >= 15 is 0 Å². The van der Waals surface area contributed by atoms with Crippen LogP contribution in [-0.2, 0) is 11.2 Å². The van der Waals surface area contributed by atoms with E-state index in [4.69, 9.17) is 0 Å². The Morgan fingerprint density at radius 1 is 1.32 bits per heavy atom. The molecule has 1 unspecified atom stereocenters. The molecule has 1 aliphatic rings. The zero-order chi connectivity index (χ0) is 13.9. The topological polar surface area (TPSA) is 41.1 Å². The molecular formula is C16H24N2O. The first kappa shape index (κ1) is 14.1. The Morgan fingerprint density at radius 3 is 2.74 bits per heavy atom. The summed E-state index contributed by atoms with van der Waals surface area (Å²) in [7, 11) is 0. The van der Waals surface area contributed by atoms with Gasteiger partial charge in [-0.3, -0.25) is 4.79 Å². The summed E-state index contributed by atoms with van der Waals surface area (Å²) in [5.41, 5.74) is 2.90. The number of fused-ring (bicyclic) bond motifs is 1. The Morgan fingerprint density at radius 2 is 2.05 bits per heavy atom. The van der Waals surface area contributed by atoms with Crippen LogP contribution < -0.4 is 10.6 Å². The average Bonchev–Trinajstić information content (AvgIpc) is 2.28. The molecule has 104 valence electrons. The Balaban J connectivity index is 1.66. The van der Waals surface area contributed by atoms with Crippen LogP contribution in [0.4, 0.5) is 0 Å². The van der Waals surface area contributed by atoms with E-state index in [1.807, 2.05) is 0 Å². The number of carbonyl (C=O) groups excluding carboxylic acids is 1. The third-order valence-electron chi connectivity index (χ3n) is 3.51. The van der Waals surface area contributed by atoms with Crippen LogP contribution in [0.3, 0.4) is 0 Å². The van der Waals surface area contributed by atoms with E-state index in [0.717, 1.165) is 19.5 Å². The van der Waals surface area contributed by atoms with E-state index < -0.39 is 0 Å². The summed E-state index contributed by atoms with van der Waals surface area (Å²) in [6, 6.07) is 8.48. The van der Waals surface area contributed by atoms with Gasteiger partial charge in [-0.1, -0.05) is 24.3 Å². The van der Waals surface area contributed by atoms with Crippen molar-refractivity contribution < 1.29 is 4.79 Å². The van der Waals surface area contributed by atoms with Gasteiger partial charge in [0, 0.05) is 31.0 Å². The fraction of sp³-hybridized carbons (Fsp3) is 0.562. The van der Waals surface area contributed by atoms with Crippen molar-refractivity contribution >= 4 is 5.91 Å². The highest BCUT2D eigenvalue weighted by atomic mass is 16.1. The number of benzene rings is 1. The predicted molar refractivity (Wildman–Crippen MR) is 78.3 cm³/mol. The van der Waals surface area contributed by atoms with Gasteiger partial charge in [0.1, 0.15) is 0 Å². The number of hydrogen-bond acceptors (Lipinski definition) is 2. The summed E-state index contributed by atoms with van der Waals surface area (Å²) in [5.74, 6) is 0.650. The van der Waals surface area contributed by atoms with Gasteiger partial charge in [0.2, 0.25) is 5.91 Å². The van der Waals surface area contributed by atoms with Crippen molar-refractivity contribution in [2.24, 2.45) is 0 Å². The van der Waals surface area contributed by atoms with Crippen molar-refractivity contribution in [1.82, 2.24) is 10.6 Å². The monoisotopic (exact) mass is 260 g/mol. The molecule has 2 N–H and O–H groups in total. The van der Waals surface area contributed by atoms with Crippen LogP contribution in [0.15, 0.2) is 24.3 Å². The van der Waals surface area contributed by atoms with E-state index in [9.17, 15) is 4.79 Å². The van der Waals surface area contributed by atoms with Crippen molar-refractivity contribution in [2.75, 3.05) is 13.1 Å². The number of nitrogens with one attached hydrogen (secondary N) is 2. The lowest BCUT2D eigenvalue weighted by Crippen LogP contribution is -2.39. The van der Waals surface area contributed by atoms with Crippen molar-refractivity contribution in [1.29, 1.82) is 0 Å². The van der Waals surface area contributed by atoms with Gasteiger partial charge >= 0.3 is 0 Å². The van der Waals surface area contributed by atoms with Crippen LogP contribution in [0, 0.1) is 0 Å². The summed E-state index contributed by atoms with van der Waals surface area (Å²) in [4.78, 5) is 11.7. The van der Waals surface area contributed by atoms with Crippen molar-refractivity contribution in [3.8, 4) is 0 Å². The fourth-order valence-corrected chi connectivity index (χ4v) is 2.42. The van der Waals surface area contributed by atoms with Gasteiger partial charge in [0.05, 0.1) is 0 Å². The van der Waals surface area contributed by atoms with Crippen LogP contribution in [0.25, 0.3) is 0 Å². The van der Waals surface area contributed by atoms with Gasteiger partial charge in [-0.25, -0.2) is 0 Å². The molecule has 1 aromatic rings. The van der Waals surface area contributed by atoms with Crippen LogP contribution in [0.1, 0.15) is 44.2 Å². The van der Waals surface area contributed by atoms with Crippen molar-refractivity contribution in [3.63, 3.8) is 0 Å². The first-order valence-corrected chi connectivity index (χ1v) is 7.05. The first-order valence-electron chi connectivity index (χ1n) is 7.05. The minimum absolute atomic E-state index is 0.0766. The van der Waals surface area contributed by atoms with E-state index in [0.29, 0.717) is 12.3 Å². The SMILES string of the molecule is CC(C)(C)NCCC(=O)NCC1Cc2ccccc21. The normalized spacial score (nSPS) is 17.5. The Kier molecular flexibility index (Phi) is 4.25. The highest BCUT2D eigenvalue weighted by Gasteiger charge is 2.25. The smallest absolute Gasteiger partial charge is 0.221 e. The van der Waals surface area contributed by atoms with Crippen molar-refractivity contribution in [3.05, 3.63) is 35.4 Å². The standard InChI is InChI=1S/C16H24N2O/c1-16(2,3)18-9-8-15(19)17-11-13-10-12-6-4-5-7-14(12)13/h4-7,13,18H,8-11H2,1-3H3,(H,17,19). The van der Waals surface area contributed by atoms with Crippen LogP contribution in [-0.4, -0.2) is 24.5 Å². The summed E-state index contributed by atoms with van der Waals surface area (Å²) < 4.78 is 0. The molecule has 1 aliphatic carbocycles. The van der Waals surface area contributed by atoms with Crippen LogP contribution in [0.2, 0.25) is 0 Å². The zero-order valence-corrected chi connectivity index (χ0v) is 12.1. The largest absolute Gasteiger partial charge is 0.355 e. The number of carbonyl (C=O) groups is 1. The highest BCUT2D eigenvalue weighted by molar-refractivity contribution is 5.76. The number of hydrogen-bond donors (Lipinski definition) is 2. The van der Waals surface area contributed by atoms with E-state index in [2.05, 4.69) is 55.7 Å². The number of rotatable bonds is 5. The molecule has 0 aromatic heterocycles. The van der Waals surface area contributed by atoms with E-state index in [1.54, 1.807) is 0 Å². The molecule has 1 aromatic carbocycles. The maximum absolute atomic E-state index is 11.7. The average molecular weight is 260 g/mol. The summed E-state index contributed by atoms with van der Waals surface area (Å²) in [6.45, 7) is 7.82. The zero-order valence-electron chi connectivity index (χ0n) is 12.1. The highest BCUT2D eigenvalue weighted by Crippen LogP contribution is 2.33. The molecular weight excluding hydrogens is 236 g/mol. The molecule has 3 heteroatoms. The Labute approximate surface area is 115 Å². The molecule has 0 aliphatic heterocycles. The van der Waals surface area contributed by atoms with E-state index in [1.165, 1.54) is 11.1 Å². The molecule has 1 atom stereocenters. The molecule has 0 saturated carbocycles.